The molecule has 2 aromatic rings. The van der Waals surface area contributed by atoms with Crippen LogP contribution in [0.1, 0.15) is 11.1 Å². The molecule has 2 rings (SSSR count). The summed E-state index contributed by atoms with van der Waals surface area (Å²) in [6.07, 6.45) is 3.23. The van der Waals surface area contributed by atoms with E-state index in [-0.39, 0.29) is 69.4 Å². The van der Waals surface area contributed by atoms with E-state index in [9.17, 15) is 10.2 Å². The van der Waals surface area contributed by atoms with Gasteiger partial charge in [-0.3, -0.25) is 9.98 Å². The summed E-state index contributed by atoms with van der Waals surface area (Å²) in [5, 5.41) is 19.3. The maximum atomic E-state index is 9.67. The average Bonchev–Trinajstić information content (AvgIpc) is 2.49. The van der Waals surface area contributed by atoms with Gasteiger partial charge in [0.15, 0.2) is 0 Å². The molecule has 0 saturated carbocycles. The molecule has 0 bridgehead atoms. The van der Waals surface area contributed by atoms with Gasteiger partial charge < -0.3 is 10.2 Å². The summed E-state index contributed by atoms with van der Waals surface area (Å²) in [4.78, 5) is 8.45. The Bertz CT molecular complexity index is 666. The van der Waals surface area contributed by atoms with E-state index in [1.165, 1.54) is 0 Å². The van der Waals surface area contributed by atoms with Crippen molar-refractivity contribution >= 4 is 102 Å². The Hall–Kier alpha value is 0.0987. The van der Waals surface area contributed by atoms with Gasteiger partial charge in [-0.1, -0.05) is 31.9 Å². The zero-order valence-corrected chi connectivity index (χ0v) is 22.3. The first-order valence-electron chi connectivity index (χ1n) is 6.53. The third-order valence-corrected chi connectivity index (χ3v) is 3.78. The second kappa shape index (κ2) is 14.2. The van der Waals surface area contributed by atoms with Crippen molar-refractivity contribution in [3.8, 4) is 11.5 Å². The van der Waals surface area contributed by atoms with E-state index in [0.717, 1.165) is 8.95 Å². The van der Waals surface area contributed by atoms with Crippen LogP contribution in [-0.2, 0) is 0 Å². The van der Waals surface area contributed by atoms with Crippen molar-refractivity contribution in [3.63, 3.8) is 0 Å². The standard InChI is InChI=1S/C16H14Br2N2O2.2BrH.Sn/c17-13-1-3-15(21)11(7-13)9-19-5-6-20-10-12-8-14(18)2-4-16(12)22;;;/h1-4,7-10,21-22H,5-6H2;2*1H;. The van der Waals surface area contributed by atoms with Crippen molar-refractivity contribution in [3.05, 3.63) is 56.5 Å². The van der Waals surface area contributed by atoms with Crippen LogP contribution in [0.25, 0.3) is 0 Å². The molecule has 9 heteroatoms. The van der Waals surface area contributed by atoms with Crippen LogP contribution in [0.3, 0.4) is 0 Å². The molecule has 0 fully saturated rings. The Morgan fingerprint density at radius 1 is 0.760 bits per heavy atom. The predicted octanol–water partition coefficient (Wildman–Crippen LogP) is 4.94. The van der Waals surface area contributed by atoms with E-state index in [1.54, 1.807) is 48.8 Å². The smallest absolute Gasteiger partial charge is 0.124 e. The molecule has 0 heterocycles. The van der Waals surface area contributed by atoms with Crippen molar-refractivity contribution in [2.24, 2.45) is 9.98 Å². The first kappa shape index (κ1) is 27.3. The zero-order chi connectivity index (χ0) is 15.9. The first-order valence-corrected chi connectivity index (χ1v) is 8.11. The normalized spacial score (nSPS) is 10.2. The molecule has 0 unspecified atom stereocenters. The van der Waals surface area contributed by atoms with Gasteiger partial charge in [-0.25, -0.2) is 0 Å². The molecule has 4 radical (unpaired) electrons. The van der Waals surface area contributed by atoms with Crippen molar-refractivity contribution in [1.29, 1.82) is 0 Å². The Morgan fingerprint density at radius 3 is 1.48 bits per heavy atom. The molecule has 2 N–H and O–H groups in total. The molecule has 0 spiro atoms. The summed E-state index contributed by atoms with van der Waals surface area (Å²) in [7, 11) is 0. The number of aliphatic imine (C=N–C) groups is 2. The van der Waals surface area contributed by atoms with Crippen molar-refractivity contribution in [1.82, 2.24) is 0 Å². The van der Waals surface area contributed by atoms with Crippen LogP contribution in [0.4, 0.5) is 0 Å². The molecule has 0 amide bonds. The molecule has 0 aliphatic heterocycles. The minimum absolute atomic E-state index is 0. The Morgan fingerprint density at radius 2 is 1.12 bits per heavy atom. The van der Waals surface area contributed by atoms with Crippen LogP contribution in [-0.4, -0.2) is 59.6 Å². The van der Waals surface area contributed by atoms with Gasteiger partial charge in [-0.05, 0) is 36.4 Å². The van der Waals surface area contributed by atoms with Gasteiger partial charge in [-0.2, -0.15) is 0 Å². The SMILES string of the molecule is Br.Br.Oc1ccc(Br)cc1C=NCCN=Cc1cc(Br)ccc1O.[Sn]. The molecular formula is C16H16Br4N2O2Sn. The predicted molar refractivity (Wildman–Crippen MR) is 123 cm³/mol. The van der Waals surface area contributed by atoms with E-state index in [4.69, 9.17) is 0 Å². The maximum absolute atomic E-state index is 9.67. The van der Waals surface area contributed by atoms with E-state index in [1.807, 2.05) is 0 Å². The molecule has 134 valence electrons. The minimum atomic E-state index is 0. The fourth-order valence-electron chi connectivity index (χ4n) is 1.70. The molecule has 0 atom stereocenters. The van der Waals surface area contributed by atoms with Gasteiger partial charge in [0, 0.05) is 56.4 Å². The second-order valence-electron chi connectivity index (χ2n) is 4.48. The molecular weight excluding hydrogens is 691 g/mol. The molecule has 0 aliphatic carbocycles. The van der Waals surface area contributed by atoms with Crippen molar-refractivity contribution in [2.75, 3.05) is 13.1 Å². The summed E-state index contributed by atoms with van der Waals surface area (Å²) >= 11 is 6.69. The van der Waals surface area contributed by atoms with Crippen molar-refractivity contribution in [2.45, 2.75) is 0 Å². The number of nitrogens with zero attached hydrogens (tertiary/aromatic N) is 2. The monoisotopic (exact) mass is 704 g/mol. The molecule has 0 aromatic heterocycles. The number of hydrogen-bond acceptors (Lipinski definition) is 4. The van der Waals surface area contributed by atoms with Crippen LogP contribution in [0.15, 0.2) is 55.3 Å². The Labute approximate surface area is 201 Å². The number of hydrogen-bond donors (Lipinski definition) is 2. The third kappa shape index (κ3) is 9.55. The molecule has 4 nitrogen and oxygen atoms in total. The summed E-state index contributed by atoms with van der Waals surface area (Å²) < 4.78 is 1.77. The van der Waals surface area contributed by atoms with Crippen LogP contribution in [0.2, 0.25) is 0 Å². The molecule has 0 saturated heterocycles. The Balaban J connectivity index is 0. The zero-order valence-electron chi connectivity index (χ0n) is 12.9. The number of halogens is 4. The van der Waals surface area contributed by atoms with Gasteiger partial charge in [0.25, 0.3) is 0 Å². The first-order chi connectivity index (χ1) is 10.6. The second-order valence-corrected chi connectivity index (χ2v) is 6.31. The molecule has 2 aromatic carbocycles. The quantitative estimate of drug-likeness (QED) is 0.263. The minimum Gasteiger partial charge on any atom is -0.507 e. The summed E-state index contributed by atoms with van der Waals surface area (Å²) in [6.45, 7) is 0.994. The fraction of sp³-hybridized carbons (Fsp3) is 0.125. The third-order valence-electron chi connectivity index (χ3n) is 2.80. The number of phenolic OH excluding ortho intramolecular Hbond substituents is 2. The van der Waals surface area contributed by atoms with Crippen LogP contribution < -0.4 is 0 Å². The Kier molecular flexibility index (Phi) is 15.5. The largest absolute Gasteiger partial charge is 0.507 e. The number of rotatable bonds is 5. The van der Waals surface area contributed by atoms with Crippen LogP contribution >= 0.6 is 65.8 Å². The maximum Gasteiger partial charge on any atom is 0.124 e. The van der Waals surface area contributed by atoms with E-state index >= 15 is 0 Å². The fourth-order valence-corrected chi connectivity index (χ4v) is 2.46. The summed E-state index contributed by atoms with van der Waals surface area (Å²) in [5.41, 5.74) is 1.31. The van der Waals surface area contributed by atoms with Gasteiger partial charge in [0.2, 0.25) is 0 Å². The number of phenols is 2. The summed E-state index contributed by atoms with van der Waals surface area (Å²) in [5.74, 6) is 0.379. The van der Waals surface area contributed by atoms with Crippen LogP contribution in [0.5, 0.6) is 11.5 Å². The van der Waals surface area contributed by atoms with Gasteiger partial charge in [0.1, 0.15) is 11.5 Å². The topological polar surface area (TPSA) is 65.2 Å². The average molecular weight is 707 g/mol. The molecule has 25 heavy (non-hydrogen) atoms. The summed E-state index contributed by atoms with van der Waals surface area (Å²) in [6, 6.07) is 10.3. The van der Waals surface area contributed by atoms with Crippen LogP contribution in [0, 0.1) is 0 Å². The number of benzene rings is 2. The van der Waals surface area contributed by atoms with E-state index in [2.05, 4.69) is 41.8 Å². The van der Waals surface area contributed by atoms with E-state index < -0.39 is 0 Å². The number of aromatic hydroxyl groups is 2. The van der Waals surface area contributed by atoms with E-state index in [0.29, 0.717) is 24.2 Å². The van der Waals surface area contributed by atoms with Gasteiger partial charge in [-0.15, -0.1) is 34.0 Å². The van der Waals surface area contributed by atoms with Gasteiger partial charge in [0.05, 0.1) is 13.1 Å². The molecule has 0 aliphatic rings. The van der Waals surface area contributed by atoms with Gasteiger partial charge >= 0.3 is 0 Å². The van der Waals surface area contributed by atoms with Crippen molar-refractivity contribution < 1.29 is 10.2 Å².